The van der Waals surface area contributed by atoms with Gasteiger partial charge >= 0.3 is 0 Å². The van der Waals surface area contributed by atoms with Crippen molar-refractivity contribution in [3.05, 3.63) is 75.3 Å². The van der Waals surface area contributed by atoms with Crippen LogP contribution >= 0.6 is 0 Å². The summed E-state index contributed by atoms with van der Waals surface area (Å²) < 4.78 is 1.72. The minimum atomic E-state index is -0.974. The van der Waals surface area contributed by atoms with Gasteiger partial charge in [0.1, 0.15) is 17.5 Å². The molecule has 2 N–H and O–H groups in total. The first kappa shape index (κ1) is 39.1. The number of nitrogens with one attached hydrogen (secondary N) is 2. The van der Waals surface area contributed by atoms with Crippen molar-refractivity contribution in [3.8, 4) is 0 Å². The molecule has 3 aromatic heterocycles. The molecule has 8 heterocycles. The molecule has 2 bridgehead atoms. The smallest absolute Gasteiger partial charge is 0.263 e. The minimum Gasteiger partial charge on any atom is -0.370 e. The molecule has 4 aromatic rings. The number of aryl methyl sites for hydroxylation is 1. The molecule has 316 valence electrons. The molecular weight excluding hydrogens is 777 g/mol. The van der Waals surface area contributed by atoms with Gasteiger partial charge in [0, 0.05) is 74.5 Å². The zero-order valence-corrected chi connectivity index (χ0v) is 34.6. The topological polar surface area (TPSA) is 183 Å². The van der Waals surface area contributed by atoms with E-state index in [2.05, 4.69) is 36.4 Å². The Labute approximate surface area is 352 Å². The van der Waals surface area contributed by atoms with Crippen LogP contribution in [-0.4, -0.2) is 110 Å². The number of piperazine rings is 1. The summed E-state index contributed by atoms with van der Waals surface area (Å²) in [6.07, 6.45) is 12.0. The highest BCUT2D eigenvalue weighted by molar-refractivity contribution is 6.23. The maximum Gasteiger partial charge on any atom is 0.263 e. The Morgan fingerprint density at radius 2 is 1.54 bits per heavy atom. The zero-order chi connectivity index (χ0) is 42.1. The van der Waals surface area contributed by atoms with Gasteiger partial charge in [-0.2, -0.15) is 4.98 Å². The molecule has 1 aliphatic carbocycles. The molecule has 3 unspecified atom stereocenters. The third kappa shape index (κ3) is 6.94. The number of ketones is 1. The van der Waals surface area contributed by atoms with Gasteiger partial charge < -0.3 is 15.1 Å². The number of pyridine rings is 2. The monoisotopic (exact) mass is 826 g/mol. The highest BCUT2D eigenvalue weighted by Crippen LogP contribution is 2.39. The highest BCUT2D eigenvalue weighted by atomic mass is 16.2. The van der Waals surface area contributed by atoms with Gasteiger partial charge in [0.2, 0.25) is 17.8 Å². The van der Waals surface area contributed by atoms with Crippen molar-refractivity contribution in [3.63, 3.8) is 0 Å². The SMILES string of the molecule is CC(=O)c1c(C)c2cnc(Nc3ccc(N4CCC(CN5CC6CCC(C5)N6c5ccc6c(c5)C(=O)N(C5CCC(=O)NC5=O)C6=O)CC4)cn3)nc2n(C2CCCC2)c1=O. The Morgan fingerprint density at radius 1 is 0.820 bits per heavy atom. The first-order valence-corrected chi connectivity index (χ1v) is 21.8. The average Bonchev–Trinajstić information content (AvgIpc) is 3.93. The van der Waals surface area contributed by atoms with Gasteiger partial charge in [0.05, 0.1) is 28.6 Å². The van der Waals surface area contributed by atoms with Crippen LogP contribution in [0.4, 0.5) is 23.1 Å². The van der Waals surface area contributed by atoms with Crippen LogP contribution in [0.3, 0.4) is 0 Å². The van der Waals surface area contributed by atoms with Crippen molar-refractivity contribution in [2.75, 3.05) is 47.8 Å². The van der Waals surface area contributed by atoms with Crippen LogP contribution in [0.25, 0.3) is 11.0 Å². The summed E-state index contributed by atoms with van der Waals surface area (Å²) in [5.74, 6) is -0.646. The zero-order valence-electron chi connectivity index (χ0n) is 34.6. The van der Waals surface area contributed by atoms with Gasteiger partial charge in [0.15, 0.2) is 5.78 Å². The molecule has 0 spiro atoms. The quantitative estimate of drug-likeness (QED) is 0.178. The van der Waals surface area contributed by atoms with Crippen LogP contribution in [0, 0.1) is 12.8 Å². The van der Waals surface area contributed by atoms with Crippen LogP contribution in [-0.2, 0) is 9.59 Å². The lowest BCUT2D eigenvalue weighted by Gasteiger charge is -2.44. The van der Waals surface area contributed by atoms with Crippen LogP contribution in [0.5, 0.6) is 0 Å². The Morgan fingerprint density at radius 3 is 2.23 bits per heavy atom. The van der Waals surface area contributed by atoms with Crippen LogP contribution in [0.1, 0.15) is 114 Å². The van der Waals surface area contributed by atoms with Crippen LogP contribution < -0.4 is 26.0 Å². The third-order valence-electron chi connectivity index (χ3n) is 14.0. The van der Waals surface area contributed by atoms with E-state index in [0.717, 1.165) is 100 Å². The van der Waals surface area contributed by atoms with E-state index < -0.39 is 23.8 Å². The number of likely N-dealkylation sites (tertiary alicyclic amines) is 1. The molecule has 1 aromatic carbocycles. The summed E-state index contributed by atoms with van der Waals surface area (Å²) in [6.45, 7) is 8.05. The molecule has 3 atom stereocenters. The first-order valence-electron chi connectivity index (χ1n) is 21.8. The molecule has 5 aliphatic heterocycles. The fraction of sp³-hybridized carbons (Fsp3) is 0.489. The summed E-state index contributed by atoms with van der Waals surface area (Å²) >= 11 is 0. The van der Waals surface area contributed by atoms with Crippen molar-refractivity contribution in [2.24, 2.45) is 5.92 Å². The van der Waals surface area contributed by atoms with Crippen molar-refractivity contribution in [2.45, 2.75) is 102 Å². The van der Waals surface area contributed by atoms with Gasteiger partial charge in [-0.3, -0.25) is 48.5 Å². The first-order chi connectivity index (χ1) is 29.5. The standard InChI is InChI=1S/C45H50N10O6/c1-25-35-21-47-45(50-40(35)54(28-5-3-4-6-28)44(61)39(25)26(2)56)48-37-13-10-30(20-46-37)52-17-15-27(16-18-52)22-51-23-31-7-8-32(24-51)53(31)29-9-11-33-34(19-29)43(60)55(42(33)59)36-12-14-38(57)49-41(36)58/h9-11,13,19-21,27-28,31-32,36H,3-8,12,14-18,22-24H2,1-2H3,(H,49,57,58)(H,46,47,48,50). The van der Waals surface area contributed by atoms with E-state index >= 15 is 0 Å². The summed E-state index contributed by atoms with van der Waals surface area (Å²) in [6, 6.07) is 9.15. The third-order valence-corrected chi connectivity index (χ3v) is 14.0. The van der Waals surface area contributed by atoms with Crippen molar-refractivity contribution < 1.29 is 24.0 Å². The second-order valence-corrected chi connectivity index (χ2v) is 17.7. The van der Waals surface area contributed by atoms with Crippen molar-refractivity contribution in [1.29, 1.82) is 0 Å². The van der Waals surface area contributed by atoms with Gasteiger partial charge in [-0.15, -0.1) is 0 Å². The van der Waals surface area contributed by atoms with Gasteiger partial charge in [0.25, 0.3) is 17.4 Å². The Hall–Kier alpha value is -6.03. The average molecular weight is 827 g/mol. The number of rotatable bonds is 9. The van der Waals surface area contributed by atoms with Crippen molar-refractivity contribution in [1.82, 2.24) is 34.6 Å². The van der Waals surface area contributed by atoms with E-state index in [0.29, 0.717) is 57.5 Å². The van der Waals surface area contributed by atoms with E-state index in [1.54, 1.807) is 23.8 Å². The van der Waals surface area contributed by atoms with Gasteiger partial charge in [-0.05, 0) is 101 Å². The minimum absolute atomic E-state index is 0.00696. The number of benzene rings is 1. The van der Waals surface area contributed by atoms with Crippen molar-refractivity contribution >= 4 is 63.6 Å². The van der Waals surface area contributed by atoms with Crippen LogP contribution in [0.15, 0.2) is 47.5 Å². The van der Waals surface area contributed by atoms with Crippen LogP contribution in [0.2, 0.25) is 0 Å². The molecular formula is C45H50N10O6. The number of aromatic nitrogens is 4. The predicted octanol–water partition coefficient (Wildman–Crippen LogP) is 4.53. The largest absolute Gasteiger partial charge is 0.370 e. The highest BCUT2D eigenvalue weighted by Gasteiger charge is 2.46. The molecule has 10 rings (SSSR count). The number of Topliss-reactive ketones (excluding diaryl/α,β-unsaturated/α-hetero) is 1. The summed E-state index contributed by atoms with van der Waals surface area (Å²) in [5, 5.41) is 6.21. The second-order valence-electron chi connectivity index (χ2n) is 17.7. The number of hydrogen-bond donors (Lipinski definition) is 2. The molecule has 0 radical (unpaired) electrons. The maximum absolute atomic E-state index is 13.6. The normalized spacial score (nSPS) is 23.6. The fourth-order valence-corrected chi connectivity index (χ4v) is 11.0. The number of amides is 4. The Balaban J connectivity index is 0.747. The van der Waals surface area contributed by atoms with E-state index in [1.807, 2.05) is 24.4 Å². The Bertz CT molecular complexity index is 2530. The molecule has 4 saturated heterocycles. The molecule has 4 amide bonds. The van der Waals surface area contributed by atoms with Gasteiger partial charge in [-0.25, -0.2) is 9.97 Å². The number of imide groups is 2. The molecule has 1 saturated carbocycles. The summed E-state index contributed by atoms with van der Waals surface area (Å²) in [4.78, 5) is 99.7. The lowest BCUT2D eigenvalue weighted by molar-refractivity contribution is -0.136. The lowest BCUT2D eigenvalue weighted by atomic mass is 9.95. The van der Waals surface area contributed by atoms with E-state index in [9.17, 15) is 28.8 Å². The van der Waals surface area contributed by atoms with E-state index in [1.165, 1.54) is 6.92 Å². The number of fused-ring (bicyclic) bond motifs is 4. The number of hydrogen-bond acceptors (Lipinski definition) is 13. The fourth-order valence-electron chi connectivity index (χ4n) is 11.0. The summed E-state index contributed by atoms with van der Waals surface area (Å²) in [5.41, 5.74) is 3.74. The predicted molar refractivity (Wildman–Crippen MR) is 227 cm³/mol. The molecule has 16 nitrogen and oxygen atoms in total. The molecule has 16 heteroatoms. The molecule has 61 heavy (non-hydrogen) atoms. The Kier molecular flexibility index (Phi) is 9.92. The summed E-state index contributed by atoms with van der Waals surface area (Å²) in [7, 11) is 0. The number of carbonyl (C=O) groups excluding carboxylic acids is 5. The number of nitrogens with zero attached hydrogens (tertiary/aromatic N) is 8. The lowest BCUT2D eigenvalue weighted by Crippen LogP contribution is -2.55. The molecule has 6 aliphatic rings. The van der Waals surface area contributed by atoms with E-state index in [4.69, 9.17) is 9.97 Å². The van der Waals surface area contributed by atoms with Gasteiger partial charge in [-0.1, -0.05) is 12.8 Å². The van der Waals surface area contributed by atoms with E-state index in [-0.39, 0.29) is 41.7 Å². The second kappa shape index (κ2) is 15.5. The maximum atomic E-state index is 13.6. The number of carbonyl (C=O) groups is 5. The molecule has 5 fully saturated rings. The number of piperidine rings is 2. The number of anilines is 4.